The molecule has 2 aromatic carbocycles. The average Bonchev–Trinajstić information content (AvgIpc) is 3.32. The van der Waals surface area contributed by atoms with E-state index in [0.29, 0.717) is 22.2 Å². The number of esters is 1. The van der Waals surface area contributed by atoms with E-state index in [1.54, 1.807) is 54.6 Å². The van der Waals surface area contributed by atoms with E-state index in [2.05, 4.69) is 9.97 Å². The number of aromatic nitrogens is 3. The van der Waals surface area contributed by atoms with Gasteiger partial charge in [-0.2, -0.15) is 13.2 Å². The van der Waals surface area contributed by atoms with Gasteiger partial charge < -0.3 is 14.4 Å². The van der Waals surface area contributed by atoms with Gasteiger partial charge in [-0.3, -0.25) is 9.19 Å². The highest BCUT2D eigenvalue weighted by Gasteiger charge is 2.29. The first kappa shape index (κ1) is 28.7. The fourth-order valence-electron chi connectivity index (χ4n) is 3.75. The molecule has 0 aliphatic heterocycles. The lowest BCUT2D eigenvalue weighted by Gasteiger charge is -2.19. The van der Waals surface area contributed by atoms with E-state index in [4.69, 9.17) is 9.47 Å². The molecule has 0 spiro atoms. The van der Waals surface area contributed by atoms with Crippen molar-refractivity contribution in [2.24, 2.45) is 0 Å². The minimum Gasteiger partial charge on any atom is -0.484 e. The number of imidazole rings is 1. The first-order valence-electron chi connectivity index (χ1n) is 12.0. The molecule has 40 heavy (non-hydrogen) atoms. The molecule has 210 valence electrons. The van der Waals surface area contributed by atoms with Crippen LogP contribution in [0, 0.1) is 6.92 Å². The smallest absolute Gasteiger partial charge is 0.422 e. The fraction of sp³-hybridized carbons (Fsp3) is 0.259. The van der Waals surface area contributed by atoms with Crippen LogP contribution in [0.1, 0.15) is 21.6 Å². The molecule has 2 heterocycles. The van der Waals surface area contributed by atoms with Crippen molar-refractivity contribution < 1.29 is 36.4 Å². The predicted octanol–water partition coefficient (Wildman–Crippen LogP) is 4.75. The van der Waals surface area contributed by atoms with Crippen molar-refractivity contribution >= 4 is 33.8 Å². The minimum atomic E-state index is -4.52. The number of hydrogen-bond donors (Lipinski definition) is 0. The standard InChI is InChI=1S/C27H25F3N4O5S/c1-18-21(31-13-12-23(18)39-17-27(28,29)30)16-40(37)25-32-20-10-6-7-11-22(20)34(25)26(36)33(2)14-15-38-24(35)19-8-4-3-5-9-19/h3-13H,14-17H2,1-2H3. The molecule has 0 fully saturated rings. The molecule has 1 unspecified atom stereocenters. The second-order valence-electron chi connectivity index (χ2n) is 8.70. The summed E-state index contributed by atoms with van der Waals surface area (Å²) in [6, 6.07) is 15.9. The zero-order valence-electron chi connectivity index (χ0n) is 21.6. The maximum absolute atomic E-state index is 13.5. The third-order valence-electron chi connectivity index (χ3n) is 5.84. The number of likely N-dealkylation sites (N-methyl/N-ethyl adjacent to an activating group) is 1. The van der Waals surface area contributed by atoms with Crippen LogP contribution < -0.4 is 4.74 Å². The van der Waals surface area contributed by atoms with Gasteiger partial charge >= 0.3 is 18.2 Å². The summed E-state index contributed by atoms with van der Waals surface area (Å²) in [6.45, 7) is 0.0195. The van der Waals surface area contributed by atoms with Crippen molar-refractivity contribution in [3.63, 3.8) is 0 Å². The number of fused-ring (bicyclic) bond motifs is 1. The van der Waals surface area contributed by atoms with E-state index in [0.717, 1.165) is 0 Å². The highest BCUT2D eigenvalue weighted by atomic mass is 32.2. The van der Waals surface area contributed by atoms with Crippen LogP contribution in [0.3, 0.4) is 0 Å². The molecule has 0 aliphatic carbocycles. The number of amides is 1. The SMILES string of the molecule is Cc1c(OCC(F)(F)F)ccnc1CS(=O)c1nc2ccccc2n1C(=O)N(C)CCOC(=O)c1ccccc1. The zero-order chi connectivity index (χ0) is 28.9. The Balaban J connectivity index is 1.52. The average molecular weight is 575 g/mol. The summed E-state index contributed by atoms with van der Waals surface area (Å²) < 4.78 is 62.7. The molecule has 0 saturated heterocycles. The summed E-state index contributed by atoms with van der Waals surface area (Å²) in [6.07, 6.45) is -3.25. The molecule has 0 radical (unpaired) electrons. The molecule has 9 nitrogen and oxygen atoms in total. The molecule has 1 amide bonds. The number of hydrogen-bond acceptors (Lipinski definition) is 7. The Kier molecular flexibility index (Phi) is 8.83. The van der Waals surface area contributed by atoms with E-state index in [9.17, 15) is 27.0 Å². The van der Waals surface area contributed by atoms with Crippen molar-refractivity contribution in [1.82, 2.24) is 19.4 Å². The van der Waals surface area contributed by atoms with Gasteiger partial charge in [-0.05, 0) is 37.3 Å². The molecule has 4 rings (SSSR count). The van der Waals surface area contributed by atoms with Crippen molar-refractivity contribution in [3.05, 3.63) is 83.7 Å². The van der Waals surface area contributed by atoms with Gasteiger partial charge in [0.25, 0.3) is 0 Å². The Labute approximate surface area is 230 Å². The van der Waals surface area contributed by atoms with Crippen LogP contribution >= 0.6 is 0 Å². The number of carbonyl (C=O) groups excluding carboxylic acids is 2. The lowest BCUT2D eigenvalue weighted by molar-refractivity contribution is -0.153. The molecule has 0 aliphatic rings. The third kappa shape index (κ3) is 6.84. The molecule has 4 aromatic rings. The Morgan fingerprint density at radius 1 is 1.05 bits per heavy atom. The Morgan fingerprint density at radius 3 is 2.48 bits per heavy atom. The predicted molar refractivity (Wildman–Crippen MR) is 141 cm³/mol. The second-order valence-corrected chi connectivity index (χ2v) is 10.0. The van der Waals surface area contributed by atoms with Crippen molar-refractivity contribution in [2.45, 2.75) is 24.0 Å². The van der Waals surface area contributed by atoms with Gasteiger partial charge in [-0.1, -0.05) is 30.3 Å². The van der Waals surface area contributed by atoms with E-state index < -0.39 is 35.6 Å². The van der Waals surface area contributed by atoms with Crippen LogP contribution in [0.2, 0.25) is 0 Å². The Bertz CT molecular complexity index is 1540. The fourth-order valence-corrected chi connectivity index (χ4v) is 5.00. The lowest BCUT2D eigenvalue weighted by atomic mass is 10.2. The first-order valence-corrected chi connectivity index (χ1v) is 13.3. The normalized spacial score (nSPS) is 12.2. The lowest BCUT2D eigenvalue weighted by Crippen LogP contribution is -2.35. The number of rotatable bonds is 9. The second kappa shape index (κ2) is 12.3. The molecule has 1 atom stereocenters. The molecular weight excluding hydrogens is 549 g/mol. The minimum absolute atomic E-state index is 0.0336. The number of nitrogens with zero attached hydrogens (tertiary/aromatic N) is 4. The van der Waals surface area contributed by atoms with Gasteiger partial charge in [-0.25, -0.2) is 19.1 Å². The molecular formula is C27H25F3N4O5S. The van der Waals surface area contributed by atoms with E-state index in [1.807, 2.05) is 0 Å². The van der Waals surface area contributed by atoms with Crippen molar-refractivity contribution in [3.8, 4) is 5.75 Å². The van der Waals surface area contributed by atoms with Crippen LogP contribution in [-0.4, -0.2) is 68.6 Å². The molecule has 13 heteroatoms. The third-order valence-corrected chi connectivity index (χ3v) is 7.06. The highest BCUT2D eigenvalue weighted by molar-refractivity contribution is 7.84. The molecule has 0 bridgehead atoms. The van der Waals surface area contributed by atoms with Crippen molar-refractivity contribution in [2.75, 3.05) is 26.8 Å². The summed E-state index contributed by atoms with van der Waals surface area (Å²) in [5, 5.41) is -0.0536. The van der Waals surface area contributed by atoms with E-state index in [-0.39, 0.29) is 35.5 Å². The summed E-state index contributed by atoms with van der Waals surface area (Å²) in [5.74, 6) is -0.779. The number of benzene rings is 2. The van der Waals surface area contributed by atoms with Crippen LogP contribution in [0.25, 0.3) is 11.0 Å². The number of ether oxygens (including phenoxy) is 2. The summed E-state index contributed by atoms with van der Waals surface area (Å²) in [7, 11) is -0.407. The number of para-hydroxylation sites is 2. The highest BCUT2D eigenvalue weighted by Crippen LogP contribution is 2.26. The first-order chi connectivity index (χ1) is 19.0. The topological polar surface area (TPSA) is 104 Å². The van der Waals surface area contributed by atoms with E-state index in [1.165, 1.54) is 35.7 Å². The summed E-state index contributed by atoms with van der Waals surface area (Å²) >= 11 is 0. The van der Waals surface area contributed by atoms with Crippen LogP contribution in [-0.2, 0) is 21.3 Å². The van der Waals surface area contributed by atoms with Gasteiger partial charge in [0, 0.05) is 18.8 Å². The van der Waals surface area contributed by atoms with Gasteiger partial charge in [0.2, 0.25) is 5.16 Å². The van der Waals surface area contributed by atoms with E-state index >= 15 is 0 Å². The Hall–Kier alpha value is -4.26. The Morgan fingerprint density at radius 2 is 1.75 bits per heavy atom. The van der Waals surface area contributed by atoms with Crippen LogP contribution in [0.5, 0.6) is 5.75 Å². The molecule has 2 aromatic heterocycles. The quantitative estimate of drug-likeness (QED) is 0.266. The van der Waals surface area contributed by atoms with Gasteiger partial charge in [0.1, 0.15) is 12.4 Å². The number of halogens is 3. The monoisotopic (exact) mass is 574 g/mol. The van der Waals surface area contributed by atoms with Gasteiger partial charge in [-0.15, -0.1) is 0 Å². The largest absolute Gasteiger partial charge is 0.484 e. The molecule has 0 N–H and O–H groups in total. The van der Waals surface area contributed by atoms with Gasteiger partial charge in [0.05, 0.1) is 45.4 Å². The van der Waals surface area contributed by atoms with Gasteiger partial charge in [0.15, 0.2) is 6.61 Å². The summed E-state index contributed by atoms with van der Waals surface area (Å²) in [5.41, 5.74) is 1.76. The zero-order valence-corrected chi connectivity index (χ0v) is 22.4. The number of pyridine rings is 1. The van der Waals surface area contributed by atoms with Crippen LogP contribution in [0.15, 0.2) is 72.0 Å². The number of alkyl halides is 3. The summed E-state index contributed by atoms with van der Waals surface area (Å²) in [4.78, 5) is 35.6. The maximum Gasteiger partial charge on any atom is 0.422 e. The van der Waals surface area contributed by atoms with Crippen LogP contribution in [0.4, 0.5) is 18.0 Å². The van der Waals surface area contributed by atoms with Crippen molar-refractivity contribution in [1.29, 1.82) is 0 Å². The number of carbonyl (C=O) groups is 2. The molecule has 0 saturated carbocycles. The maximum atomic E-state index is 13.5.